The van der Waals surface area contributed by atoms with Gasteiger partial charge in [-0.2, -0.15) is 0 Å². The number of hydrogen-bond donors (Lipinski definition) is 2. The van der Waals surface area contributed by atoms with E-state index in [9.17, 15) is 0 Å². The number of rotatable bonds is 4. The summed E-state index contributed by atoms with van der Waals surface area (Å²) < 4.78 is 3.45. The van der Waals surface area contributed by atoms with Crippen molar-refractivity contribution in [3.05, 3.63) is 35.9 Å². The maximum absolute atomic E-state index is 3.45. The Bertz CT molecular complexity index is 307. The quantitative estimate of drug-likeness (QED) is 0.784. The molecule has 16 heavy (non-hydrogen) atoms. The third-order valence-corrected chi connectivity index (χ3v) is 3.93. The monoisotopic (exact) mass is 236 g/mol. The van der Waals surface area contributed by atoms with Crippen LogP contribution in [0.5, 0.6) is 0 Å². The summed E-state index contributed by atoms with van der Waals surface area (Å²) in [5, 5.41) is 3.45. The van der Waals surface area contributed by atoms with Crippen molar-refractivity contribution in [2.24, 2.45) is 0 Å². The second-order valence-electron chi connectivity index (χ2n) is 4.42. The molecule has 0 spiro atoms. The average molecular weight is 236 g/mol. The minimum atomic E-state index is 0.329. The van der Waals surface area contributed by atoms with Gasteiger partial charge in [-0.25, -0.2) is 0 Å². The fourth-order valence-corrected chi connectivity index (χ4v) is 2.90. The molecule has 1 aliphatic heterocycles. The zero-order valence-electron chi connectivity index (χ0n) is 9.83. The molecule has 1 fully saturated rings. The number of benzene rings is 1. The lowest BCUT2D eigenvalue weighted by molar-refractivity contribution is 0.309. The minimum Gasteiger partial charge on any atom is -0.317 e. The van der Waals surface area contributed by atoms with Crippen LogP contribution in [-0.4, -0.2) is 25.9 Å². The molecule has 0 atom stereocenters. The Morgan fingerprint density at radius 3 is 2.56 bits per heavy atom. The zero-order chi connectivity index (χ0) is 11.3. The Kier molecular flexibility index (Phi) is 4.27. The molecule has 1 saturated heterocycles. The number of nitrogens with one attached hydrogen (secondary N) is 2. The van der Waals surface area contributed by atoms with Gasteiger partial charge in [0.25, 0.3) is 0 Å². The molecule has 0 bridgehead atoms. The van der Waals surface area contributed by atoms with Crippen molar-refractivity contribution >= 4 is 11.9 Å². The van der Waals surface area contributed by atoms with Crippen molar-refractivity contribution in [1.82, 2.24) is 10.0 Å². The third kappa shape index (κ3) is 2.59. The van der Waals surface area contributed by atoms with Gasteiger partial charge in [0.05, 0.1) is 0 Å². The first-order valence-corrected chi connectivity index (χ1v) is 7.12. The zero-order valence-corrected chi connectivity index (χ0v) is 10.6. The summed E-state index contributed by atoms with van der Waals surface area (Å²) in [4.78, 5) is 0. The molecule has 2 N–H and O–H groups in total. The maximum Gasteiger partial charge on any atom is 0.0157 e. The molecule has 3 heteroatoms. The van der Waals surface area contributed by atoms with Gasteiger partial charge in [-0.15, -0.1) is 0 Å². The Labute approximate surface area is 102 Å². The Morgan fingerprint density at radius 2 is 1.94 bits per heavy atom. The van der Waals surface area contributed by atoms with Crippen molar-refractivity contribution in [3.63, 3.8) is 0 Å². The second kappa shape index (κ2) is 5.71. The van der Waals surface area contributed by atoms with Crippen molar-refractivity contribution < 1.29 is 0 Å². The van der Waals surface area contributed by atoms with Crippen LogP contribution in [0.1, 0.15) is 18.4 Å². The lowest BCUT2D eigenvalue weighted by Gasteiger charge is -2.38. The van der Waals surface area contributed by atoms with Crippen molar-refractivity contribution in [2.45, 2.75) is 18.3 Å². The highest BCUT2D eigenvalue weighted by atomic mass is 32.2. The summed E-state index contributed by atoms with van der Waals surface area (Å²) in [5.41, 5.74) is 1.81. The highest BCUT2D eigenvalue weighted by Gasteiger charge is 2.33. The van der Waals surface area contributed by atoms with E-state index in [1.165, 1.54) is 18.4 Å². The molecular weight excluding hydrogens is 216 g/mol. The molecule has 0 amide bonds. The summed E-state index contributed by atoms with van der Waals surface area (Å²) in [6.45, 7) is 3.33. The molecule has 88 valence electrons. The van der Waals surface area contributed by atoms with E-state index >= 15 is 0 Å². The first-order valence-electron chi connectivity index (χ1n) is 5.89. The van der Waals surface area contributed by atoms with Gasteiger partial charge in [-0.1, -0.05) is 42.3 Å². The fourth-order valence-electron chi connectivity index (χ4n) is 2.47. The van der Waals surface area contributed by atoms with Gasteiger partial charge in [0.2, 0.25) is 0 Å². The molecule has 1 aromatic carbocycles. The molecular formula is C13H20N2S. The van der Waals surface area contributed by atoms with Gasteiger partial charge in [0.15, 0.2) is 0 Å². The molecule has 2 nitrogen and oxygen atoms in total. The topological polar surface area (TPSA) is 24.1 Å². The van der Waals surface area contributed by atoms with Gasteiger partial charge < -0.3 is 5.32 Å². The largest absolute Gasteiger partial charge is 0.317 e. The van der Waals surface area contributed by atoms with Crippen molar-refractivity contribution in [3.8, 4) is 0 Å². The molecule has 2 rings (SSSR count). The summed E-state index contributed by atoms with van der Waals surface area (Å²) in [5.74, 6) is 0. The second-order valence-corrected chi connectivity index (χ2v) is 5.12. The van der Waals surface area contributed by atoms with E-state index in [1.807, 2.05) is 0 Å². The standard InChI is InChI=1S/C13H20N2S/c1-16-15-11-13(7-9-14-10-8-13)12-5-3-2-4-6-12/h2-6,14-15H,7-11H2,1H3. The van der Waals surface area contributed by atoms with Crippen LogP contribution in [0.4, 0.5) is 0 Å². The average Bonchev–Trinajstić information content (AvgIpc) is 2.38. The van der Waals surface area contributed by atoms with Crippen LogP contribution in [-0.2, 0) is 5.41 Å². The van der Waals surface area contributed by atoms with Gasteiger partial charge in [0, 0.05) is 12.0 Å². The van der Waals surface area contributed by atoms with E-state index in [1.54, 1.807) is 11.9 Å². The highest BCUT2D eigenvalue weighted by molar-refractivity contribution is 7.96. The van der Waals surface area contributed by atoms with Crippen LogP contribution in [0.2, 0.25) is 0 Å². The smallest absolute Gasteiger partial charge is 0.0157 e. The summed E-state index contributed by atoms with van der Waals surface area (Å²) in [6.07, 6.45) is 4.55. The SMILES string of the molecule is CSNCC1(c2ccccc2)CCNCC1. The first-order chi connectivity index (χ1) is 7.87. The Morgan fingerprint density at radius 1 is 1.25 bits per heavy atom. The van der Waals surface area contributed by atoms with E-state index in [-0.39, 0.29) is 0 Å². The lowest BCUT2D eigenvalue weighted by atomic mass is 9.73. The van der Waals surface area contributed by atoms with Crippen LogP contribution < -0.4 is 10.0 Å². The summed E-state index contributed by atoms with van der Waals surface area (Å²) in [6, 6.07) is 10.9. The van der Waals surface area contributed by atoms with Crippen LogP contribution in [0, 0.1) is 0 Å². The van der Waals surface area contributed by atoms with E-state index in [0.29, 0.717) is 5.41 Å². The van der Waals surface area contributed by atoms with Gasteiger partial charge in [-0.3, -0.25) is 4.72 Å². The molecule has 0 radical (unpaired) electrons. The van der Waals surface area contributed by atoms with Crippen LogP contribution in [0.25, 0.3) is 0 Å². The van der Waals surface area contributed by atoms with Crippen LogP contribution in [0.3, 0.4) is 0 Å². The minimum absolute atomic E-state index is 0.329. The molecule has 1 aliphatic rings. The normalized spacial score (nSPS) is 19.6. The Balaban J connectivity index is 2.19. The van der Waals surface area contributed by atoms with E-state index in [2.05, 4.69) is 46.6 Å². The van der Waals surface area contributed by atoms with E-state index in [4.69, 9.17) is 0 Å². The highest BCUT2D eigenvalue weighted by Crippen LogP contribution is 2.33. The van der Waals surface area contributed by atoms with Crippen LogP contribution in [0.15, 0.2) is 30.3 Å². The number of piperidine rings is 1. The predicted molar refractivity (Wildman–Crippen MR) is 71.7 cm³/mol. The summed E-state index contributed by atoms with van der Waals surface area (Å²) >= 11 is 1.72. The van der Waals surface area contributed by atoms with Gasteiger partial charge in [-0.05, 0) is 37.8 Å². The van der Waals surface area contributed by atoms with Gasteiger partial charge in [0.1, 0.15) is 0 Å². The van der Waals surface area contributed by atoms with E-state index < -0.39 is 0 Å². The van der Waals surface area contributed by atoms with Crippen molar-refractivity contribution in [2.75, 3.05) is 25.9 Å². The molecule has 0 aliphatic carbocycles. The molecule has 0 aromatic heterocycles. The molecule has 1 aromatic rings. The molecule has 0 unspecified atom stereocenters. The molecule has 0 saturated carbocycles. The molecule has 1 heterocycles. The first kappa shape index (κ1) is 12.0. The van der Waals surface area contributed by atoms with Crippen LogP contribution >= 0.6 is 11.9 Å². The number of hydrogen-bond acceptors (Lipinski definition) is 3. The Hall–Kier alpha value is -0.510. The van der Waals surface area contributed by atoms with E-state index in [0.717, 1.165) is 19.6 Å². The maximum atomic E-state index is 3.45. The fraction of sp³-hybridized carbons (Fsp3) is 0.538. The van der Waals surface area contributed by atoms with Crippen molar-refractivity contribution in [1.29, 1.82) is 0 Å². The lowest BCUT2D eigenvalue weighted by Crippen LogP contribution is -2.45. The third-order valence-electron chi connectivity index (χ3n) is 3.50. The summed E-state index contributed by atoms with van der Waals surface area (Å²) in [7, 11) is 0. The predicted octanol–water partition coefficient (Wildman–Crippen LogP) is 2.18. The van der Waals surface area contributed by atoms with Gasteiger partial charge >= 0.3 is 0 Å².